The highest BCUT2D eigenvalue weighted by molar-refractivity contribution is 7.98. The molecule has 0 aliphatic rings. The Bertz CT molecular complexity index is 419. The van der Waals surface area contributed by atoms with Crippen molar-refractivity contribution in [3.8, 4) is 6.19 Å². The van der Waals surface area contributed by atoms with Crippen LogP contribution >= 0.6 is 11.8 Å². The number of nitrogens with one attached hydrogen (secondary N) is 1. The van der Waals surface area contributed by atoms with Crippen molar-refractivity contribution in [1.29, 1.82) is 5.26 Å². The molecule has 1 heterocycles. The molecule has 17 heavy (non-hydrogen) atoms. The second-order valence-electron chi connectivity index (χ2n) is 3.59. The highest BCUT2D eigenvalue weighted by Crippen LogP contribution is 2.10. The number of nitrogens with zero attached hydrogens (tertiary/aromatic N) is 4. The van der Waals surface area contributed by atoms with Gasteiger partial charge in [-0.15, -0.1) is 4.99 Å². The first-order valence-corrected chi connectivity index (χ1v) is 6.31. The monoisotopic (exact) mass is 252 g/mol. The van der Waals surface area contributed by atoms with Crippen molar-refractivity contribution < 1.29 is 0 Å². The van der Waals surface area contributed by atoms with Gasteiger partial charge in [-0.2, -0.15) is 22.1 Å². The molecule has 7 heteroatoms. The van der Waals surface area contributed by atoms with Crippen LogP contribution in [0.25, 0.3) is 0 Å². The Hall–Kier alpha value is -1.68. The zero-order valence-corrected chi connectivity index (χ0v) is 10.8. The second kappa shape index (κ2) is 6.81. The third kappa shape index (κ3) is 4.78. The molecule has 3 N–H and O–H groups in total. The highest BCUT2D eigenvalue weighted by Gasteiger charge is 2.02. The number of guanidine groups is 1. The summed E-state index contributed by atoms with van der Waals surface area (Å²) in [6.07, 6.45) is 1.67. The van der Waals surface area contributed by atoms with Crippen LogP contribution in [-0.4, -0.2) is 40.4 Å². The minimum atomic E-state index is 0.253. The third-order valence-electron chi connectivity index (χ3n) is 2.14. The molecule has 0 amide bonds. The first-order valence-electron chi connectivity index (χ1n) is 5.15. The van der Waals surface area contributed by atoms with Crippen LogP contribution in [-0.2, 0) is 5.75 Å². The van der Waals surface area contributed by atoms with E-state index in [1.807, 2.05) is 20.0 Å². The van der Waals surface area contributed by atoms with Crippen molar-refractivity contribution in [3.05, 3.63) is 17.5 Å². The van der Waals surface area contributed by atoms with E-state index in [0.717, 1.165) is 29.4 Å². The number of nitriles is 1. The van der Waals surface area contributed by atoms with Crippen LogP contribution in [0.5, 0.6) is 0 Å². The number of hydrogen-bond acceptors (Lipinski definition) is 4. The highest BCUT2D eigenvalue weighted by atomic mass is 32.2. The third-order valence-corrected chi connectivity index (χ3v) is 3.11. The molecule has 0 radical (unpaired) electrons. The quantitative estimate of drug-likeness (QED) is 0.348. The summed E-state index contributed by atoms with van der Waals surface area (Å²) in [4.78, 5) is 5.22. The molecule has 1 aromatic rings. The summed E-state index contributed by atoms with van der Waals surface area (Å²) < 4.78 is 0. The molecule has 1 rings (SSSR count). The number of rotatable bonds is 5. The van der Waals surface area contributed by atoms with E-state index in [1.165, 1.54) is 0 Å². The fraction of sp³-hybridized carbons (Fsp3) is 0.500. The maximum absolute atomic E-state index is 8.35. The van der Waals surface area contributed by atoms with Crippen molar-refractivity contribution in [2.24, 2.45) is 10.7 Å². The molecule has 0 aromatic carbocycles. The van der Waals surface area contributed by atoms with Gasteiger partial charge in [0, 0.05) is 30.8 Å². The molecular weight excluding hydrogens is 236 g/mol. The molecule has 0 atom stereocenters. The van der Waals surface area contributed by atoms with Crippen molar-refractivity contribution >= 4 is 17.7 Å². The zero-order valence-electron chi connectivity index (χ0n) is 9.97. The topological polar surface area (TPSA) is 94.1 Å². The van der Waals surface area contributed by atoms with Gasteiger partial charge in [-0.1, -0.05) is 0 Å². The van der Waals surface area contributed by atoms with Gasteiger partial charge < -0.3 is 10.6 Å². The standard InChI is InChI=1S/C10H16N6S/c1-8-5-9(15-14-8)6-17-4-3-16(2)10(12)13-7-11/h5H,3-4,6H2,1-2H3,(H2,12,13)(H,14,15). The molecule has 6 nitrogen and oxygen atoms in total. The largest absolute Gasteiger partial charge is 0.369 e. The number of aliphatic imine (C=N–C) groups is 1. The van der Waals surface area contributed by atoms with Crippen LogP contribution in [0.1, 0.15) is 11.4 Å². The summed E-state index contributed by atoms with van der Waals surface area (Å²) in [5.74, 6) is 2.03. The van der Waals surface area contributed by atoms with Gasteiger partial charge >= 0.3 is 0 Å². The van der Waals surface area contributed by atoms with Gasteiger partial charge in [-0.3, -0.25) is 5.10 Å². The fourth-order valence-corrected chi connectivity index (χ4v) is 2.08. The molecule has 0 saturated carbocycles. The maximum Gasteiger partial charge on any atom is 0.209 e. The van der Waals surface area contributed by atoms with Crippen LogP contribution in [0.4, 0.5) is 0 Å². The first kappa shape index (κ1) is 13.4. The van der Waals surface area contributed by atoms with E-state index in [1.54, 1.807) is 22.9 Å². The van der Waals surface area contributed by atoms with E-state index < -0.39 is 0 Å². The summed E-state index contributed by atoms with van der Waals surface area (Å²) in [6, 6.07) is 2.03. The lowest BCUT2D eigenvalue weighted by Crippen LogP contribution is -2.35. The molecule has 92 valence electrons. The van der Waals surface area contributed by atoms with Crippen LogP contribution in [0.2, 0.25) is 0 Å². The fourth-order valence-electron chi connectivity index (χ4n) is 1.18. The lowest BCUT2D eigenvalue weighted by Gasteiger charge is -2.15. The smallest absolute Gasteiger partial charge is 0.209 e. The van der Waals surface area contributed by atoms with Crippen molar-refractivity contribution in [2.75, 3.05) is 19.3 Å². The summed E-state index contributed by atoms with van der Waals surface area (Å²) in [6.45, 7) is 2.74. The molecule has 0 fully saturated rings. The molecule has 1 aromatic heterocycles. The Balaban J connectivity index is 2.20. The van der Waals surface area contributed by atoms with Gasteiger partial charge in [-0.25, -0.2) is 0 Å². The lowest BCUT2D eigenvalue weighted by atomic mass is 10.4. The Labute approximate surface area is 105 Å². The van der Waals surface area contributed by atoms with Crippen molar-refractivity contribution in [3.63, 3.8) is 0 Å². The zero-order chi connectivity index (χ0) is 12.7. The van der Waals surface area contributed by atoms with Crippen LogP contribution < -0.4 is 5.73 Å². The molecule has 0 spiro atoms. The number of thioether (sulfide) groups is 1. The number of hydrogen-bond donors (Lipinski definition) is 2. The Kier molecular flexibility index (Phi) is 5.36. The molecule has 0 saturated heterocycles. The predicted molar refractivity (Wildman–Crippen MR) is 69.4 cm³/mol. The second-order valence-corrected chi connectivity index (χ2v) is 4.69. The van der Waals surface area contributed by atoms with Gasteiger partial charge in [-0.05, 0) is 13.0 Å². The van der Waals surface area contributed by atoms with Gasteiger partial charge in [0.2, 0.25) is 12.2 Å². The maximum atomic E-state index is 8.35. The van der Waals surface area contributed by atoms with E-state index in [0.29, 0.717) is 0 Å². The summed E-state index contributed by atoms with van der Waals surface area (Å²) in [5, 5.41) is 15.4. The van der Waals surface area contributed by atoms with Crippen molar-refractivity contribution in [1.82, 2.24) is 15.1 Å². The first-order chi connectivity index (χ1) is 8.13. The minimum absolute atomic E-state index is 0.253. The van der Waals surface area contributed by atoms with Crippen LogP contribution in [0.15, 0.2) is 11.1 Å². The molecule has 0 aliphatic heterocycles. The summed E-state index contributed by atoms with van der Waals surface area (Å²) in [7, 11) is 1.81. The summed E-state index contributed by atoms with van der Waals surface area (Å²) >= 11 is 1.77. The average Bonchev–Trinajstić information content (AvgIpc) is 2.70. The van der Waals surface area contributed by atoms with Gasteiger partial charge in [0.15, 0.2) is 0 Å². The number of H-pyrrole nitrogens is 1. The summed E-state index contributed by atoms with van der Waals surface area (Å²) in [5.41, 5.74) is 7.67. The van der Waals surface area contributed by atoms with Crippen LogP contribution in [0, 0.1) is 18.4 Å². The molecule has 0 unspecified atom stereocenters. The molecular formula is C10H16N6S. The van der Waals surface area contributed by atoms with Gasteiger partial charge in [0.25, 0.3) is 0 Å². The number of aromatic amines is 1. The number of nitrogens with two attached hydrogens (primary N) is 1. The molecule has 0 aliphatic carbocycles. The number of aryl methyl sites for hydroxylation is 1. The Morgan fingerprint density at radius 1 is 1.76 bits per heavy atom. The average molecular weight is 252 g/mol. The van der Waals surface area contributed by atoms with Crippen molar-refractivity contribution in [2.45, 2.75) is 12.7 Å². The van der Waals surface area contributed by atoms with Crippen LogP contribution in [0.3, 0.4) is 0 Å². The Morgan fingerprint density at radius 3 is 3.12 bits per heavy atom. The Morgan fingerprint density at radius 2 is 2.53 bits per heavy atom. The SMILES string of the molecule is Cc1cc(CSCCN(C)C(N)=NC#N)n[nH]1. The van der Waals surface area contributed by atoms with E-state index in [4.69, 9.17) is 11.0 Å². The van der Waals surface area contributed by atoms with Gasteiger partial charge in [0.1, 0.15) is 0 Å². The number of aromatic nitrogens is 2. The van der Waals surface area contributed by atoms with E-state index in [2.05, 4.69) is 15.2 Å². The normalized spacial score (nSPS) is 11.2. The predicted octanol–water partition coefficient (Wildman–Crippen LogP) is 0.679. The van der Waals surface area contributed by atoms with E-state index >= 15 is 0 Å². The van der Waals surface area contributed by atoms with E-state index in [9.17, 15) is 0 Å². The van der Waals surface area contributed by atoms with Gasteiger partial charge in [0.05, 0.1) is 5.69 Å². The molecule has 0 bridgehead atoms. The minimum Gasteiger partial charge on any atom is -0.369 e. The van der Waals surface area contributed by atoms with E-state index in [-0.39, 0.29) is 5.96 Å². The lowest BCUT2D eigenvalue weighted by molar-refractivity contribution is 0.534.